The van der Waals surface area contributed by atoms with Crippen molar-refractivity contribution in [1.29, 1.82) is 0 Å². The number of carbonyl (C=O) groups is 2. The molecular weight excluding hydrogens is 290 g/mol. The first-order chi connectivity index (χ1) is 9.32. The lowest BCUT2D eigenvalue weighted by molar-refractivity contribution is -0.124. The van der Waals surface area contributed by atoms with Crippen molar-refractivity contribution in [3.63, 3.8) is 0 Å². The van der Waals surface area contributed by atoms with Crippen LogP contribution >= 0.6 is 12.4 Å². The zero-order valence-corrected chi connectivity index (χ0v) is 13.5. The molecular formula is C15H24ClN3O2. The van der Waals surface area contributed by atoms with E-state index >= 15 is 0 Å². The van der Waals surface area contributed by atoms with Gasteiger partial charge < -0.3 is 16.4 Å². The summed E-state index contributed by atoms with van der Waals surface area (Å²) in [6.07, 6.45) is 0. The third-order valence-corrected chi connectivity index (χ3v) is 2.96. The van der Waals surface area contributed by atoms with E-state index in [-0.39, 0.29) is 29.6 Å². The van der Waals surface area contributed by atoms with E-state index in [1.807, 2.05) is 26.8 Å². The van der Waals surface area contributed by atoms with Gasteiger partial charge in [0.25, 0.3) is 5.91 Å². The minimum Gasteiger partial charge on any atom is -0.353 e. The zero-order chi connectivity index (χ0) is 15.2. The van der Waals surface area contributed by atoms with E-state index in [4.69, 9.17) is 5.73 Å². The first kappa shape index (κ1) is 19.4. The molecule has 21 heavy (non-hydrogen) atoms. The lowest BCUT2D eigenvalue weighted by Gasteiger charge is -2.25. The molecule has 0 bridgehead atoms. The van der Waals surface area contributed by atoms with E-state index in [9.17, 15) is 9.59 Å². The Labute approximate surface area is 132 Å². The highest BCUT2D eigenvalue weighted by Crippen LogP contribution is 2.16. The Kier molecular flexibility index (Phi) is 7.99. The molecule has 0 aliphatic rings. The summed E-state index contributed by atoms with van der Waals surface area (Å²) in [5.41, 5.74) is 6.15. The van der Waals surface area contributed by atoms with E-state index < -0.39 is 6.04 Å². The van der Waals surface area contributed by atoms with Gasteiger partial charge in [-0.05, 0) is 17.5 Å². The molecule has 1 rings (SSSR count). The second-order valence-corrected chi connectivity index (χ2v) is 5.76. The number of nitrogens with two attached hydrogens (primary N) is 1. The van der Waals surface area contributed by atoms with Gasteiger partial charge in [0, 0.05) is 18.7 Å². The molecule has 0 fully saturated rings. The minimum atomic E-state index is -0.563. The molecule has 0 saturated heterocycles. The van der Waals surface area contributed by atoms with Crippen LogP contribution in [0.3, 0.4) is 0 Å². The molecule has 0 aliphatic carbocycles. The SMILES string of the molecule is CC(C)(C)[C@H](N)C(=O)NCCNC(=O)c1ccccc1.Cl. The smallest absolute Gasteiger partial charge is 0.251 e. The highest BCUT2D eigenvalue weighted by molar-refractivity contribution is 5.94. The standard InChI is InChI=1S/C15H23N3O2.ClH/c1-15(2,3)12(16)14(20)18-10-9-17-13(19)11-7-5-4-6-8-11;/h4-8,12H,9-10,16H2,1-3H3,(H,17,19)(H,18,20);1H/t12-;/m1./s1. The van der Waals surface area contributed by atoms with Crippen molar-refractivity contribution in [1.82, 2.24) is 10.6 Å². The molecule has 1 aromatic carbocycles. The molecule has 0 radical (unpaired) electrons. The Morgan fingerprint density at radius 3 is 2.14 bits per heavy atom. The molecule has 2 amide bonds. The zero-order valence-electron chi connectivity index (χ0n) is 12.7. The number of hydrogen-bond donors (Lipinski definition) is 3. The van der Waals surface area contributed by atoms with Crippen LogP contribution in [-0.4, -0.2) is 30.9 Å². The van der Waals surface area contributed by atoms with Crippen molar-refractivity contribution in [3.8, 4) is 0 Å². The van der Waals surface area contributed by atoms with Gasteiger partial charge in [-0.3, -0.25) is 9.59 Å². The van der Waals surface area contributed by atoms with Gasteiger partial charge in [-0.2, -0.15) is 0 Å². The van der Waals surface area contributed by atoms with E-state index in [1.165, 1.54) is 0 Å². The third kappa shape index (κ3) is 6.60. The maximum atomic E-state index is 11.8. The molecule has 6 heteroatoms. The summed E-state index contributed by atoms with van der Waals surface area (Å²) < 4.78 is 0. The van der Waals surface area contributed by atoms with Gasteiger partial charge in [0.1, 0.15) is 0 Å². The maximum Gasteiger partial charge on any atom is 0.251 e. The van der Waals surface area contributed by atoms with Crippen LogP contribution in [-0.2, 0) is 4.79 Å². The van der Waals surface area contributed by atoms with Crippen LogP contribution in [0.1, 0.15) is 31.1 Å². The maximum absolute atomic E-state index is 11.8. The number of hydrogen-bond acceptors (Lipinski definition) is 3. The Morgan fingerprint density at radius 1 is 1.10 bits per heavy atom. The van der Waals surface area contributed by atoms with Crippen molar-refractivity contribution < 1.29 is 9.59 Å². The molecule has 0 heterocycles. The average molecular weight is 314 g/mol. The molecule has 0 aliphatic heterocycles. The topological polar surface area (TPSA) is 84.2 Å². The van der Waals surface area contributed by atoms with Gasteiger partial charge in [0.2, 0.25) is 5.91 Å². The Balaban J connectivity index is 0.00000400. The molecule has 5 nitrogen and oxygen atoms in total. The van der Waals surface area contributed by atoms with Gasteiger partial charge >= 0.3 is 0 Å². The average Bonchev–Trinajstić information content (AvgIpc) is 2.42. The highest BCUT2D eigenvalue weighted by atomic mass is 35.5. The number of benzene rings is 1. The van der Waals surface area contributed by atoms with Crippen molar-refractivity contribution in [2.75, 3.05) is 13.1 Å². The van der Waals surface area contributed by atoms with Crippen LogP contribution in [0.5, 0.6) is 0 Å². The Morgan fingerprint density at radius 2 is 1.62 bits per heavy atom. The van der Waals surface area contributed by atoms with Crippen LogP contribution in [0.25, 0.3) is 0 Å². The molecule has 4 N–H and O–H groups in total. The summed E-state index contributed by atoms with van der Waals surface area (Å²) in [5, 5.41) is 5.45. The fourth-order valence-corrected chi connectivity index (χ4v) is 1.56. The van der Waals surface area contributed by atoms with Crippen LogP contribution in [0.4, 0.5) is 0 Å². The number of amides is 2. The molecule has 0 spiro atoms. The quantitative estimate of drug-likeness (QED) is 0.717. The first-order valence-corrected chi connectivity index (χ1v) is 6.69. The Bertz CT molecular complexity index is 458. The van der Waals surface area contributed by atoms with Gasteiger partial charge in [-0.15, -0.1) is 12.4 Å². The molecule has 118 valence electrons. The largest absolute Gasteiger partial charge is 0.353 e. The van der Waals surface area contributed by atoms with E-state index in [0.717, 1.165) is 0 Å². The van der Waals surface area contributed by atoms with Crippen LogP contribution in [0.2, 0.25) is 0 Å². The van der Waals surface area contributed by atoms with Crippen molar-refractivity contribution in [2.24, 2.45) is 11.1 Å². The number of halogens is 1. The summed E-state index contributed by atoms with van der Waals surface area (Å²) in [5.74, 6) is -0.355. The van der Waals surface area contributed by atoms with Gasteiger partial charge in [0.05, 0.1) is 6.04 Å². The fourth-order valence-electron chi connectivity index (χ4n) is 1.56. The molecule has 0 saturated carbocycles. The van der Waals surface area contributed by atoms with Gasteiger partial charge in [-0.25, -0.2) is 0 Å². The number of carbonyl (C=O) groups excluding carboxylic acids is 2. The van der Waals surface area contributed by atoms with Crippen LogP contribution < -0.4 is 16.4 Å². The van der Waals surface area contributed by atoms with Crippen LogP contribution in [0, 0.1) is 5.41 Å². The van der Waals surface area contributed by atoms with Crippen molar-refractivity contribution in [2.45, 2.75) is 26.8 Å². The number of rotatable bonds is 5. The van der Waals surface area contributed by atoms with Crippen molar-refractivity contribution in [3.05, 3.63) is 35.9 Å². The predicted molar refractivity (Wildman–Crippen MR) is 86.5 cm³/mol. The second-order valence-electron chi connectivity index (χ2n) is 5.76. The summed E-state index contributed by atoms with van der Waals surface area (Å²) in [6.45, 7) is 6.47. The van der Waals surface area contributed by atoms with E-state index in [1.54, 1.807) is 24.3 Å². The lowest BCUT2D eigenvalue weighted by Crippen LogP contribution is -2.49. The summed E-state index contributed by atoms with van der Waals surface area (Å²) >= 11 is 0. The monoisotopic (exact) mass is 313 g/mol. The molecule has 1 atom stereocenters. The second kappa shape index (κ2) is 8.64. The summed E-state index contributed by atoms with van der Waals surface area (Å²) in [7, 11) is 0. The molecule has 0 aromatic heterocycles. The summed E-state index contributed by atoms with van der Waals surface area (Å²) in [6, 6.07) is 8.38. The first-order valence-electron chi connectivity index (χ1n) is 6.69. The van der Waals surface area contributed by atoms with E-state index in [0.29, 0.717) is 18.7 Å². The molecule has 0 unspecified atom stereocenters. The van der Waals surface area contributed by atoms with Crippen molar-refractivity contribution >= 4 is 24.2 Å². The predicted octanol–water partition coefficient (Wildman–Crippen LogP) is 1.33. The van der Waals surface area contributed by atoms with Gasteiger partial charge in [0.15, 0.2) is 0 Å². The highest BCUT2D eigenvalue weighted by Gasteiger charge is 2.26. The minimum absolute atomic E-state index is 0. The fraction of sp³-hybridized carbons (Fsp3) is 0.467. The van der Waals surface area contributed by atoms with Gasteiger partial charge in [-0.1, -0.05) is 39.0 Å². The van der Waals surface area contributed by atoms with Crippen LogP contribution in [0.15, 0.2) is 30.3 Å². The lowest BCUT2D eigenvalue weighted by atomic mass is 9.87. The number of nitrogens with one attached hydrogen (secondary N) is 2. The summed E-state index contributed by atoms with van der Waals surface area (Å²) in [4.78, 5) is 23.5. The van der Waals surface area contributed by atoms with E-state index in [2.05, 4.69) is 10.6 Å². The molecule has 1 aromatic rings. The normalized spacial score (nSPS) is 12.0. The third-order valence-electron chi connectivity index (χ3n) is 2.96. The Hall–Kier alpha value is -1.59.